The van der Waals surface area contributed by atoms with Gasteiger partial charge in [0.1, 0.15) is 0 Å². The van der Waals surface area contributed by atoms with Gasteiger partial charge in [-0.25, -0.2) is 0 Å². The van der Waals surface area contributed by atoms with Gasteiger partial charge in [-0.05, 0) is 24.6 Å². The highest BCUT2D eigenvalue weighted by atomic mass is 19.4. The molecule has 1 N–H and O–H groups in total. The number of halogens is 3. The summed E-state index contributed by atoms with van der Waals surface area (Å²) in [7, 11) is 1.55. The maximum Gasteiger partial charge on any atom is 0.390 e. The summed E-state index contributed by atoms with van der Waals surface area (Å²) in [5, 5.41) is 2.71. The van der Waals surface area contributed by atoms with E-state index in [1.165, 1.54) is 0 Å². The smallest absolute Gasteiger partial charge is 0.313 e. The Morgan fingerprint density at radius 1 is 1.31 bits per heavy atom. The van der Waals surface area contributed by atoms with Crippen molar-refractivity contribution in [2.45, 2.75) is 32.0 Å². The fraction of sp³-hybridized carbons (Fsp3) is 0.500. The third kappa shape index (κ3) is 3.85. The van der Waals surface area contributed by atoms with Crippen molar-refractivity contribution in [3.05, 3.63) is 35.4 Å². The SMILES string of the molecule is CCc1cccc(C(CC(F)(F)F)NC)c1. The Hall–Kier alpha value is -1.03. The van der Waals surface area contributed by atoms with E-state index < -0.39 is 18.6 Å². The molecule has 4 heteroatoms. The van der Waals surface area contributed by atoms with Crippen molar-refractivity contribution in [3.8, 4) is 0 Å². The van der Waals surface area contributed by atoms with Crippen LogP contribution in [0.15, 0.2) is 24.3 Å². The lowest BCUT2D eigenvalue weighted by molar-refractivity contribution is -0.140. The summed E-state index contributed by atoms with van der Waals surface area (Å²) in [6.07, 6.45) is -4.15. The van der Waals surface area contributed by atoms with Crippen LogP contribution >= 0.6 is 0 Å². The zero-order valence-corrected chi connectivity index (χ0v) is 9.43. The minimum absolute atomic E-state index is 0.661. The highest BCUT2D eigenvalue weighted by Crippen LogP contribution is 2.29. The largest absolute Gasteiger partial charge is 0.390 e. The molecule has 16 heavy (non-hydrogen) atoms. The number of hydrogen-bond donors (Lipinski definition) is 1. The lowest BCUT2D eigenvalue weighted by Gasteiger charge is -2.19. The Bertz CT molecular complexity index is 333. The molecule has 1 aromatic carbocycles. The van der Waals surface area contributed by atoms with Crippen LogP contribution in [0.1, 0.15) is 30.5 Å². The summed E-state index contributed by atoms with van der Waals surface area (Å²) in [6.45, 7) is 1.98. The van der Waals surface area contributed by atoms with Crippen LogP contribution in [0, 0.1) is 0 Å². The molecule has 1 unspecified atom stereocenters. The Morgan fingerprint density at radius 2 is 2.00 bits per heavy atom. The maximum atomic E-state index is 12.3. The Labute approximate surface area is 93.7 Å². The van der Waals surface area contributed by atoms with Crippen molar-refractivity contribution in [2.24, 2.45) is 0 Å². The third-order valence-electron chi connectivity index (χ3n) is 2.55. The molecule has 0 saturated carbocycles. The quantitative estimate of drug-likeness (QED) is 0.836. The van der Waals surface area contributed by atoms with Crippen molar-refractivity contribution < 1.29 is 13.2 Å². The molecule has 0 radical (unpaired) electrons. The molecule has 1 nitrogen and oxygen atoms in total. The molecular formula is C12H16F3N. The van der Waals surface area contributed by atoms with Gasteiger partial charge in [-0.15, -0.1) is 0 Å². The average molecular weight is 231 g/mol. The van der Waals surface area contributed by atoms with Crippen molar-refractivity contribution >= 4 is 0 Å². The van der Waals surface area contributed by atoms with E-state index in [0.29, 0.717) is 5.56 Å². The second-order valence-electron chi connectivity index (χ2n) is 3.76. The van der Waals surface area contributed by atoms with Crippen LogP contribution in [-0.2, 0) is 6.42 Å². The van der Waals surface area contributed by atoms with E-state index in [1.807, 2.05) is 19.1 Å². The van der Waals surface area contributed by atoms with Crippen LogP contribution in [0.2, 0.25) is 0 Å². The topological polar surface area (TPSA) is 12.0 Å². The first-order chi connectivity index (χ1) is 7.46. The van der Waals surface area contributed by atoms with Crippen LogP contribution in [0.25, 0.3) is 0 Å². The first-order valence-electron chi connectivity index (χ1n) is 5.29. The fourth-order valence-electron chi connectivity index (χ4n) is 1.65. The second kappa shape index (κ2) is 5.34. The van der Waals surface area contributed by atoms with Gasteiger partial charge < -0.3 is 5.32 Å². The molecule has 0 bridgehead atoms. The van der Waals surface area contributed by atoms with E-state index in [0.717, 1.165) is 12.0 Å². The van der Waals surface area contributed by atoms with Gasteiger partial charge >= 0.3 is 6.18 Å². The van der Waals surface area contributed by atoms with Gasteiger partial charge in [-0.3, -0.25) is 0 Å². The molecule has 1 aromatic rings. The van der Waals surface area contributed by atoms with Gasteiger partial charge in [0, 0.05) is 6.04 Å². The van der Waals surface area contributed by atoms with Gasteiger partial charge in [0.25, 0.3) is 0 Å². The highest BCUT2D eigenvalue weighted by molar-refractivity contribution is 5.26. The van der Waals surface area contributed by atoms with Crippen LogP contribution in [0.3, 0.4) is 0 Å². The van der Waals surface area contributed by atoms with Gasteiger partial charge in [-0.1, -0.05) is 31.2 Å². The van der Waals surface area contributed by atoms with Gasteiger partial charge in [0.15, 0.2) is 0 Å². The molecule has 0 aliphatic heterocycles. The molecular weight excluding hydrogens is 215 g/mol. The average Bonchev–Trinajstić information content (AvgIpc) is 2.25. The van der Waals surface area contributed by atoms with Crippen LogP contribution in [0.4, 0.5) is 13.2 Å². The molecule has 90 valence electrons. The number of nitrogens with one attached hydrogen (secondary N) is 1. The van der Waals surface area contributed by atoms with Gasteiger partial charge in [-0.2, -0.15) is 13.2 Å². The molecule has 1 rings (SSSR count). The summed E-state index contributed by atoms with van der Waals surface area (Å²) in [4.78, 5) is 0. The molecule has 0 fully saturated rings. The van der Waals surface area contributed by atoms with Crippen molar-refractivity contribution in [1.29, 1.82) is 0 Å². The number of benzene rings is 1. The second-order valence-corrected chi connectivity index (χ2v) is 3.76. The zero-order chi connectivity index (χ0) is 12.2. The van der Waals surface area contributed by atoms with E-state index in [9.17, 15) is 13.2 Å². The van der Waals surface area contributed by atoms with Gasteiger partial charge in [0.05, 0.1) is 6.42 Å². The molecule has 1 atom stereocenters. The standard InChI is InChI=1S/C12H16F3N/c1-3-9-5-4-6-10(7-9)11(16-2)8-12(13,14)15/h4-7,11,16H,3,8H2,1-2H3. The number of aryl methyl sites for hydroxylation is 1. The molecule has 0 heterocycles. The predicted octanol–water partition coefficient (Wildman–Crippen LogP) is 3.46. The lowest BCUT2D eigenvalue weighted by Crippen LogP contribution is -2.23. The number of alkyl halides is 3. The minimum Gasteiger partial charge on any atom is -0.313 e. The first-order valence-corrected chi connectivity index (χ1v) is 5.29. The summed E-state index contributed by atoms with van der Waals surface area (Å²) < 4.78 is 37.0. The number of rotatable bonds is 4. The van der Waals surface area contributed by atoms with E-state index in [4.69, 9.17) is 0 Å². The molecule has 0 aliphatic rings. The van der Waals surface area contributed by atoms with Crippen LogP contribution in [-0.4, -0.2) is 13.2 Å². The highest BCUT2D eigenvalue weighted by Gasteiger charge is 2.31. The van der Waals surface area contributed by atoms with Gasteiger partial charge in [0.2, 0.25) is 0 Å². The summed E-state index contributed by atoms with van der Waals surface area (Å²) >= 11 is 0. The van der Waals surface area contributed by atoms with Crippen molar-refractivity contribution in [2.75, 3.05) is 7.05 Å². The Kier molecular flexibility index (Phi) is 4.35. The summed E-state index contributed by atoms with van der Waals surface area (Å²) in [6, 6.07) is 6.61. The van der Waals surface area contributed by atoms with Crippen LogP contribution in [0.5, 0.6) is 0 Å². The molecule has 0 amide bonds. The number of hydrogen-bond acceptors (Lipinski definition) is 1. The van der Waals surface area contributed by atoms with Crippen molar-refractivity contribution in [3.63, 3.8) is 0 Å². The van der Waals surface area contributed by atoms with E-state index >= 15 is 0 Å². The third-order valence-corrected chi connectivity index (χ3v) is 2.55. The summed E-state index contributed by atoms with van der Waals surface area (Å²) in [5.41, 5.74) is 1.75. The lowest BCUT2D eigenvalue weighted by atomic mass is 10.0. The predicted molar refractivity (Wildman–Crippen MR) is 58.3 cm³/mol. The molecule has 0 spiro atoms. The van der Waals surface area contributed by atoms with E-state index in [1.54, 1.807) is 19.2 Å². The Morgan fingerprint density at radius 3 is 2.50 bits per heavy atom. The zero-order valence-electron chi connectivity index (χ0n) is 9.43. The minimum atomic E-state index is -4.14. The molecule has 0 aliphatic carbocycles. The van der Waals surface area contributed by atoms with Crippen LogP contribution < -0.4 is 5.32 Å². The van der Waals surface area contributed by atoms with E-state index in [2.05, 4.69) is 5.32 Å². The van der Waals surface area contributed by atoms with E-state index in [-0.39, 0.29) is 0 Å². The van der Waals surface area contributed by atoms with Crippen molar-refractivity contribution in [1.82, 2.24) is 5.32 Å². The molecule has 0 saturated heterocycles. The fourth-order valence-corrected chi connectivity index (χ4v) is 1.65. The maximum absolute atomic E-state index is 12.3. The first kappa shape index (κ1) is 13.0. The normalized spacial score (nSPS) is 13.8. The molecule has 0 aromatic heterocycles. The Balaban J connectivity index is 2.86. The monoisotopic (exact) mass is 231 g/mol. The summed E-state index contributed by atoms with van der Waals surface area (Å²) in [5.74, 6) is 0.